The fourth-order valence-corrected chi connectivity index (χ4v) is 4.00. The topological polar surface area (TPSA) is 84.7 Å². The molecule has 7 nitrogen and oxygen atoms in total. The number of pyridine rings is 1. The van der Waals surface area contributed by atoms with Gasteiger partial charge in [0.05, 0.1) is 17.8 Å². The highest BCUT2D eigenvalue weighted by molar-refractivity contribution is 5.94. The van der Waals surface area contributed by atoms with E-state index in [9.17, 15) is 18.4 Å². The lowest BCUT2D eigenvalue weighted by atomic mass is 10.0. The van der Waals surface area contributed by atoms with Crippen molar-refractivity contribution in [2.45, 2.75) is 58.6 Å². The van der Waals surface area contributed by atoms with E-state index in [-0.39, 0.29) is 38.4 Å². The molecular formula is C26H29F2N3O4. The predicted octanol–water partition coefficient (Wildman–Crippen LogP) is 5.70. The Bertz CT molecular complexity index is 1240. The van der Waals surface area contributed by atoms with Crippen LogP contribution in [0.5, 0.6) is 0 Å². The fourth-order valence-electron chi connectivity index (χ4n) is 4.00. The number of fused-ring (bicyclic) bond motifs is 1. The number of amides is 2. The molecule has 0 spiro atoms. The van der Waals surface area contributed by atoms with Crippen molar-refractivity contribution in [1.82, 2.24) is 15.2 Å². The van der Waals surface area contributed by atoms with E-state index in [1.807, 2.05) is 25.1 Å². The zero-order chi connectivity index (χ0) is 25.4. The summed E-state index contributed by atoms with van der Waals surface area (Å²) >= 11 is 0. The largest absolute Gasteiger partial charge is 0.459 e. The van der Waals surface area contributed by atoms with E-state index in [0.29, 0.717) is 22.6 Å². The van der Waals surface area contributed by atoms with Crippen molar-refractivity contribution in [2.24, 2.45) is 0 Å². The van der Waals surface area contributed by atoms with Gasteiger partial charge in [0, 0.05) is 43.1 Å². The summed E-state index contributed by atoms with van der Waals surface area (Å²) in [6, 6.07) is 9.14. The number of nitrogens with one attached hydrogen (secondary N) is 1. The van der Waals surface area contributed by atoms with Crippen LogP contribution in [0.4, 0.5) is 13.6 Å². The SMILES string of the molecule is Cc1cc(-c2ccc(C(=O)N3CCC(F)(F)CC3)cn2)cc2cc(CNC(=O)OC(C)(C)C)oc12. The monoisotopic (exact) mass is 485 g/mol. The number of aromatic nitrogens is 1. The normalized spacial score (nSPS) is 15.8. The fraction of sp³-hybridized carbons (Fsp3) is 0.423. The molecule has 1 N–H and O–H groups in total. The molecule has 0 radical (unpaired) electrons. The third-order valence-electron chi connectivity index (χ3n) is 5.75. The Labute approximate surface area is 202 Å². The Balaban J connectivity index is 1.47. The third kappa shape index (κ3) is 5.96. The van der Waals surface area contributed by atoms with Gasteiger partial charge in [0.25, 0.3) is 11.8 Å². The molecule has 1 aliphatic heterocycles. The molecule has 1 saturated heterocycles. The number of carbonyl (C=O) groups is 2. The van der Waals surface area contributed by atoms with Crippen LogP contribution in [0.1, 0.15) is 55.3 Å². The first-order valence-electron chi connectivity index (χ1n) is 11.5. The lowest BCUT2D eigenvalue weighted by Gasteiger charge is -2.31. The summed E-state index contributed by atoms with van der Waals surface area (Å²) in [5.41, 5.74) is 2.92. The van der Waals surface area contributed by atoms with Gasteiger partial charge < -0.3 is 19.4 Å². The highest BCUT2D eigenvalue weighted by Gasteiger charge is 2.35. The Kier molecular flexibility index (Phi) is 6.53. The molecule has 1 aromatic carbocycles. The molecule has 9 heteroatoms. The van der Waals surface area contributed by atoms with E-state index in [0.717, 1.165) is 16.5 Å². The van der Waals surface area contributed by atoms with Crippen LogP contribution in [0.25, 0.3) is 22.2 Å². The Morgan fingerprint density at radius 2 is 1.89 bits per heavy atom. The first kappa shape index (κ1) is 24.6. The summed E-state index contributed by atoms with van der Waals surface area (Å²) in [4.78, 5) is 30.5. The minimum absolute atomic E-state index is 0.0368. The van der Waals surface area contributed by atoms with Crippen LogP contribution in [-0.2, 0) is 11.3 Å². The minimum Gasteiger partial charge on any atom is -0.459 e. The van der Waals surface area contributed by atoms with Crippen LogP contribution < -0.4 is 5.32 Å². The number of hydrogen-bond donors (Lipinski definition) is 1. The maximum atomic E-state index is 13.4. The summed E-state index contributed by atoms with van der Waals surface area (Å²) in [5, 5.41) is 3.54. The summed E-state index contributed by atoms with van der Waals surface area (Å²) in [5.74, 6) is -2.40. The van der Waals surface area contributed by atoms with Gasteiger partial charge in [0.15, 0.2) is 0 Å². The quantitative estimate of drug-likeness (QED) is 0.513. The van der Waals surface area contributed by atoms with Gasteiger partial charge >= 0.3 is 6.09 Å². The van der Waals surface area contributed by atoms with Crippen LogP contribution in [0.2, 0.25) is 0 Å². The summed E-state index contributed by atoms with van der Waals surface area (Å²) in [6.45, 7) is 7.57. The van der Waals surface area contributed by atoms with E-state index in [2.05, 4.69) is 10.3 Å². The van der Waals surface area contributed by atoms with E-state index in [1.165, 1.54) is 11.1 Å². The Morgan fingerprint density at radius 1 is 1.17 bits per heavy atom. The molecule has 0 saturated carbocycles. The highest BCUT2D eigenvalue weighted by Crippen LogP contribution is 2.30. The average molecular weight is 486 g/mol. The predicted molar refractivity (Wildman–Crippen MR) is 127 cm³/mol. The number of halogens is 2. The second-order valence-electron chi connectivity index (χ2n) is 9.86. The number of carbonyl (C=O) groups excluding carboxylic acids is 2. The van der Waals surface area contributed by atoms with Gasteiger partial charge in [-0.2, -0.15) is 0 Å². The zero-order valence-electron chi connectivity index (χ0n) is 20.3. The highest BCUT2D eigenvalue weighted by atomic mass is 19.3. The third-order valence-corrected chi connectivity index (χ3v) is 5.75. The summed E-state index contributed by atoms with van der Waals surface area (Å²) in [7, 11) is 0. The number of benzene rings is 1. The number of hydrogen-bond acceptors (Lipinski definition) is 5. The van der Waals surface area contributed by atoms with E-state index >= 15 is 0 Å². The van der Waals surface area contributed by atoms with E-state index in [4.69, 9.17) is 9.15 Å². The second-order valence-corrected chi connectivity index (χ2v) is 9.86. The molecule has 1 fully saturated rings. The molecule has 0 unspecified atom stereocenters. The molecule has 3 heterocycles. The molecule has 1 aliphatic rings. The Hall–Kier alpha value is -3.49. The van der Waals surface area contributed by atoms with Gasteiger partial charge in [0.1, 0.15) is 16.9 Å². The van der Waals surface area contributed by atoms with Crippen LogP contribution in [0, 0.1) is 6.92 Å². The molecule has 4 rings (SSSR count). The van der Waals surface area contributed by atoms with Gasteiger partial charge in [0.2, 0.25) is 0 Å². The summed E-state index contributed by atoms with van der Waals surface area (Å²) in [6.07, 6.45) is 0.329. The zero-order valence-corrected chi connectivity index (χ0v) is 20.3. The number of nitrogens with zero attached hydrogens (tertiary/aromatic N) is 2. The molecule has 0 bridgehead atoms. The number of ether oxygens (including phenoxy) is 1. The van der Waals surface area contributed by atoms with Gasteiger partial charge in [-0.15, -0.1) is 0 Å². The minimum atomic E-state index is -2.70. The van der Waals surface area contributed by atoms with Crippen molar-refractivity contribution in [3.05, 3.63) is 53.4 Å². The van der Waals surface area contributed by atoms with E-state index in [1.54, 1.807) is 32.9 Å². The van der Waals surface area contributed by atoms with Crippen molar-refractivity contribution in [1.29, 1.82) is 0 Å². The number of alkyl carbamates (subject to hydrolysis) is 1. The standard InChI is InChI=1S/C26H29F2N3O4/c1-16-11-18(12-19-13-20(34-22(16)19)15-30-24(33)35-25(2,3)4)21-6-5-17(14-29-21)23(32)31-9-7-26(27,28)8-10-31/h5-6,11-14H,7-10,15H2,1-4H3,(H,30,33). The lowest BCUT2D eigenvalue weighted by Crippen LogP contribution is -2.42. The molecule has 2 aromatic heterocycles. The first-order valence-corrected chi connectivity index (χ1v) is 11.5. The Morgan fingerprint density at radius 3 is 2.51 bits per heavy atom. The van der Waals surface area contributed by atoms with Gasteiger partial charge in [-0.1, -0.05) is 0 Å². The smallest absolute Gasteiger partial charge is 0.408 e. The molecule has 2 amide bonds. The van der Waals surface area contributed by atoms with Gasteiger partial charge in [-0.3, -0.25) is 9.78 Å². The van der Waals surface area contributed by atoms with Crippen molar-refractivity contribution in [2.75, 3.05) is 13.1 Å². The van der Waals surface area contributed by atoms with Gasteiger partial charge in [-0.25, -0.2) is 13.6 Å². The number of piperidine rings is 1. The molecule has 0 aliphatic carbocycles. The average Bonchev–Trinajstić information content (AvgIpc) is 3.20. The molecular weight excluding hydrogens is 456 g/mol. The van der Waals surface area contributed by atoms with E-state index < -0.39 is 17.6 Å². The summed E-state index contributed by atoms with van der Waals surface area (Å²) < 4.78 is 37.9. The van der Waals surface area contributed by atoms with Crippen LogP contribution in [0.3, 0.4) is 0 Å². The van der Waals surface area contributed by atoms with Crippen LogP contribution >= 0.6 is 0 Å². The maximum Gasteiger partial charge on any atom is 0.408 e. The van der Waals surface area contributed by atoms with Crippen molar-refractivity contribution in [3.8, 4) is 11.3 Å². The number of aryl methyl sites for hydroxylation is 1. The van der Waals surface area contributed by atoms with Crippen molar-refractivity contribution in [3.63, 3.8) is 0 Å². The molecule has 3 aromatic rings. The maximum absolute atomic E-state index is 13.4. The van der Waals surface area contributed by atoms with Crippen molar-refractivity contribution >= 4 is 23.0 Å². The number of rotatable bonds is 4. The molecule has 35 heavy (non-hydrogen) atoms. The number of furan rings is 1. The molecule has 0 atom stereocenters. The number of alkyl halides is 2. The van der Waals surface area contributed by atoms with Gasteiger partial charge in [-0.05, 0) is 63.6 Å². The van der Waals surface area contributed by atoms with Crippen LogP contribution in [-0.4, -0.2) is 46.5 Å². The second kappa shape index (κ2) is 9.28. The molecule has 186 valence electrons. The van der Waals surface area contributed by atoms with Crippen LogP contribution in [0.15, 0.2) is 40.9 Å². The lowest BCUT2D eigenvalue weighted by molar-refractivity contribution is -0.0494. The van der Waals surface area contributed by atoms with Crippen molar-refractivity contribution < 1.29 is 27.5 Å². The first-order chi connectivity index (χ1) is 16.4. The number of likely N-dealkylation sites (tertiary alicyclic amines) is 1.